The van der Waals surface area contributed by atoms with Crippen molar-refractivity contribution in [2.45, 2.75) is 39.0 Å². The van der Waals surface area contributed by atoms with Crippen LogP contribution in [-0.2, 0) is 9.59 Å². The van der Waals surface area contributed by atoms with Crippen LogP contribution >= 0.6 is 23.2 Å². The monoisotopic (exact) mass is 463 g/mol. The molecule has 3 nitrogen and oxygen atoms in total. The molecular formula is C27H23Cl2NO2. The van der Waals surface area contributed by atoms with Crippen molar-refractivity contribution in [3.8, 4) is 0 Å². The van der Waals surface area contributed by atoms with E-state index in [1.807, 2.05) is 18.2 Å². The summed E-state index contributed by atoms with van der Waals surface area (Å²) in [6.45, 7) is 4.14. The summed E-state index contributed by atoms with van der Waals surface area (Å²) in [4.78, 5) is 28.7. The average molecular weight is 464 g/mol. The molecule has 3 aromatic carbocycles. The molecule has 3 aromatic rings. The number of hydrogen-bond acceptors (Lipinski definition) is 2. The van der Waals surface area contributed by atoms with Crippen molar-refractivity contribution < 1.29 is 9.59 Å². The SMILES string of the molecule is CC1(C)CC(=O)C2=C(C1)N(c1ccc(Cl)cc1Cl)C(=O)CC2c1ccc2ccccc2c1. The zero-order valence-corrected chi connectivity index (χ0v) is 19.5. The van der Waals surface area contributed by atoms with Gasteiger partial charge in [-0.2, -0.15) is 0 Å². The molecule has 0 saturated heterocycles. The third kappa shape index (κ3) is 3.64. The van der Waals surface area contributed by atoms with Crippen molar-refractivity contribution >= 4 is 51.4 Å². The average Bonchev–Trinajstić information content (AvgIpc) is 2.73. The van der Waals surface area contributed by atoms with Crippen molar-refractivity contribution in [3.63, 3.8) is 0 Å². The van der Waals surface area contributed by atoms with E-state index in [0.29, 0.717) is 28.6 Å². The number of rotatable bonds is 2. The Morgan fingerprint density at radius 2 is 1.66 bits per heavy atom. The highest BCUT2D eigenvalue weighted by molar-refractivity contribution is 6.37. The minimum Gasteiger partial charge on any atom is -0.294 e. The van der Waals surface area contributed by atoms with Crippen LogP contribution in [0.4, 0.5) is 5.69 Å². The number of benzene rings is 3. The highest BCUT2D eigenvalue weighted by atomic mass is 35.5. The molecule has 1 unspecified atom stereocenters. The lowest BCUT2D eigenvalue weighted by Crippen LogP contribution is -2.43. The van der Waals surface area contributed by atoms with E-state index in [-0.39, 0.29) is 29.4 Å². The maximum absolute atomic E-state index is 13.5. The largest absolute Gasteiger partial charge is 0.294 e. The second-order valence-electron chi connectivity index (χ2n) is 9.49. The first kappa shape index (κ1) is 21.2. The predicted octanol–water partition coefficient (Wildman–Crippen LogP) is 7.31. The number of halogens is 2. The van der Waals surface area contributed by atoms with Gasteiger partial charge in [0.2, 0.25) is 5.91 Å². The molecule has 1 aliphatic heterocycles. The third-order valence-electron chi connectivity index (χ3n) is 6.47. The van der Waals surface area contributed by atoms with Crippen molar-refractivity contribution in [1.82, 2.24) is 0 Å². The number of Topliss-reactive ketones (excluding diaryl/α,β-unsaturated/α-hetero) is 1. The highest BCUT2D eigenvalue weighted by Gasteiger charge is 2.44. The van der Waals surface area contributed by atoms with E-state index in [0.717, 1.165) is 27.6 Å². The van der Waals surface area contributed by atoms with Gasteiger partial charge in [-0.25, -0.2) is 0 Å². The van der Waals surface area contributed by atoms with Crippen molar-refractivity contribution in [1.29, 1.82) is 0 Å². The molecule has 0 aromatic heterocycles. The van der Waals surface area contributed by atoms with Crippen LogP contribution in [0.1, 0.15) is 44.6 Å². The lowest BCUT2D eigenvalue weighted by atomic mass is 9.69. The maximum Gasteiger partial charge on any atom is 0.232 e. The topological polar surface area (TPSA) is 37.4 Å². The quantitative estimate of drug-likeness (QED) is 0.399. The van der Waals surface area contributed by atoms with Gasteiger partial charge in [0.15, 0.2) is 5.78 Å². The number of amides is 1. The summed E-state index contributed by atoms with van der Waals surface area (Å²) < 4.78 is 0. The predicted molar refractivity (Wildman–Crippen MR) is 130 cm³/mol. The second-order valence-corrected chi connectivity index (χ2v) is 10.3. The Hall–Kier alpha value is -2.62. The number of carbonyl (C=O) groups excluding carboxylic acids is 2. The summed E-state index contributed by atoms with van der Waals surface area (Å²) in [6, 6.07) is 19.5. The van der Waals surface area contributed by atoms with E-state index in [4.69, 9.17) is 23.2 Å². The molecule has 162 valence electrons. The second kappa shape index (κ2) is 7.75. The Morgan fingerprint density at radius 3 is 2.41 bits per heavy atom. The molecule has 0 N–H and O–H groups in total. The lowest BCUT2D eigenvalue weighted by Gasteiger charge is -2.43. The fraction of sp³-hybridized carbons (Fsp3) is 0.259. The molecule has 1 atom stereocenters. The standard InChI is InChI=1S/C27H23Cl2NO2/c1-27(2)14-23-26(24(31)15-27)20(18-8-7-16-5-3-4-6-17(16)11-18)13-25(32)30(23)22-10-9-19(28)12-21(22)29/h3-12,20H,13-15H2,1-2H3. The molecule has 2 aliphatic rings. The van der Waals surface area contributed by atoms with Crippen molar-refractivity contribution in [2.75, 3.05) is 4.90 Å². The smallest absolute Gasteiger partial charge is 0.232 e. The summed E-state index contributed by atoms with van der Waals surface area (Å²) in [6.07, 6.45) is 1.32. The van der Waals surface area contributed by atoms with Gasteiger partial charge < -0.3 is 0 Å². The van der Waals surface area contributed by atoms with Crippen LogP contribution in [0.25, 0.3) is 10.8 Å². The van der Waals surface area contributed by atoms with Crippen molar-refractivity contribution in [3.05, 3.63) is 87.5 Å². The van der Waals surface area contributed by atoms with Gasteiger partial charge in [0.25, 0.3) is 0 Å². The van der Waals surface area contributed by atoms with Gasteiger partial charge in [-0.1, -0.05) is 79.5 Å². The van der Waals surface area contributed by atoms with Crippen LogP contribution in [0.5, 0.6) is 0 Å². The summed E-state index contributed by atoms with van der Waals surface area (Å²) in [7, 11) is 0. The summed E-state index contributed by atoms with van der Waals surface area (Å²) in [5, 5.41) is 3.15. The number of ketones is 1. The minimum atomic E-state index is -0.256. The third-order valence-corrected chi connectivity index (χ3v) is 7.01. The fourth-order valence-corrected chi connectivity index (χ4v) is 5.56. The van der Waals surface area contributed by atoms with Gasteiger partial charge in [-0.15, -0.1) is 0 Å². The van der Waals surface area contributed by atoms with Gasteiger partial charge in [0.05, 0.1) is 10.7 Å². The molecule has 5 rings (SSSR count). The van der Waals surface area contributed by atoms with E-state index in [1.165, 1.54) is 0 Å². The minimum absolute atomic E-state index is 0.0587. The van der Waals surface area contributed by atoms with Gasteiger partial charge in [0, 0.05) is 35.1 Å². The summed E-state index contributed by atoms with van der Waals surface area (Å²) in [5.74, 6) is -0.207. The number of fused-ring (bicyclic) bond motifs is 1. The molecule has 0 spiro atoms. The van der Waals surface area contributed by atoms with Gasteiger partial charge >= 0.3 is 0 Å². The molecular weight excluding hydrogens is 441 g/mol. The molecule has 1 aliphatic carbocycles. The Balaban J connectivity index is 1.70. The molecule has 1 amide bonds. The van der Waals surface area contributed by atoms with Crippen LogP contribution < -0.4 is 4.90 Å². The summed E-state index contributed by atoms with van der Waals surface area (Å²) >= 11 is 12.6. The van der Waals surface area contributed by atoms with Gasteiger partial charge in [-0.05, 0) is 46.4 Å². The van der Waals surface area contributed by atoms with E-state index in [1.54, 1.807) is 23.1 Å². The molecule has 0 bridgehead atoms. The Morgan fingerprint density at radius 1 is 0.906 bits per heavy atom. The fourth-order valence-electron chi connectivity index (χ4n) is 5.07. The first-order valence-electron chi connectivity index (χ1n) is 10.8. The van der Waals surface area contributed by atoms with Gasteiger partial charge in [0.1, 0.15) is 0 Å². The molecule has 0 fully saturated rings. The van der Waals surface area contributed by atoms with E-state index < -0.39 is 0 Å². The number of carbonyl (C=O) groups is 2. The lowest BCUT2D eigenvalue weighted by molar-refractivity contribution is -0.121. The highest BCUT2D eigenvalue weighted by Crippen LogP contribution is 2.49. The molecule has 5 heteroatoms. The van der Waals surface area contributed by atoms with Crippen LogP contribution in [0, 0.1) is 5.41 Å². The van der Waals surface area contributed by atoms with E-state index in [2.05, 4.69) is 38.1 Å². The molecule has 0 radical (unpaired) electrons. The number of nitrogens with zero attached hydrogens (tertiary/aromatic N) is 1. The van der Waals surface area contributed by atoms with Gasteiger partial charge in [-0.3, -0.25) is 14.5 Å². The molecule has 32 heavy (non-hydrogen) atoms. The zero-order chi connectivity index (χ0) is 22.6. The Kier molecular flexibility index (Phi) is 5.15. The Labute approximate surface area is 197 Å². The number of anilines is 1. The number of allylic oxidation sites excluding steroid dienone is 2. The number of hydrogen-bond donors (Lipinski definition) is 0. The van der Waals surface area contributed by atoms with Crippen molar-refractivity contribution in [2.24, 2.45) is 5.41 Å². The molecule has 1 heterocycles. The Bertz CT molecular complexity index is 1310. The van der Waals surface area contributed by atoms with Crippen LogP contribution in [0.15, 0.2) is 71.9 Å². The first-order valence-corrected chi connectivity index (χ1v) is 11.5. The van der Waals surface area contributed by atoms with Crippen LogP contribution in [-0.4, -0.2) is 11.7 Å². The van der Waals surface area contributed by atoms with Crippen LogP contribution in [0.3, 0.4) is 0 Å². The first-order chi connectivity index (χ1) is 15.2. The molecule has 0 saturated carbocycles. The summed E-state index contributed by atoms with van der Waals surface area (Å²) in [5.41, 5.74) is 2.85. The van der Waals surface area contributed by atoms with Crippen LogP contribution in [0.2, 0.25) is 10.0 Å². The normalized spacial score (nSPS) is 20.6. The maximum atomic E-state index is 13.5. The van der Waals surface area contributed by atoms with E-state index >= 15 is 0 Å². The van der Waals surface area contributed by atoms with E-state index in [9.17, 15) is 9.59 Å². The zero-order valence-electron chi connectivity index (χ0n) is 18.0.